The summed E-state index contributed by atoms with van der Waals surface area (Å²) in [5.41, 5.74) is 6.58. The molecule has 0 saturated heterocycles. The Morgan fingerprint density at radius 1 is 1.41 bits per heavy atom. The van der Waals surface area contributed by atoms with Crippen LogP contribution in [0.3, 0.4) is 0 Å². The number of carbonyl (C=O) groups is 1. The zero-order chi connectivity index (χ0) is 16.9. The number of aliphatic hydroxyl groups is 1. The summed E-state index contributed by atoms with van der Waals surface area (Å²) in [7, 11) is 0. The van der Waals surface area contributed by atoms with E-state index in [-0.39, 0.29) is 12.3 Å². The van der Waals surface area contributed by atoms with Crippen molar-refractivity contribution in [2.24, 2.45) is 5.73 Å². The number of alkyl carbamates (subject to hydrolysis) is 1. The standard InChI is InChI=1S/C16H26N2O4/c1-10-6-5-7-12(19)13(10)14(20)11(17)8-9-18-15(21)22-16(2,3)4/h5-7,11,14,19-20H,8-9,17H2,1-4H3,(H,18,21). The van der Waals surface area contributed by atoms with E-state index in [0.29, 0.717) is 12.0 Å². The topological polar surface area (TPSA) is 105 Å². The number of phenols is 1. The van der Waals surface area contributed by atoms with Crippen LogP contribution in [0.25, 0.3) is 0 Å². The second-order valence-electron chi connectivity index (χ2n) is 6.33. The number of ether oxygens (including phenoxy) is 1. The number of rotatable bonds is 5. The summed E-state index contributed by atoms with van der Waals surface area (Å²) >= 11 is 0. The number of aryl methyl sites for hydroxylation is 1. The fourth-order valence-electron chi connectivity index (χ4n) is 2.08. The van der Waals surface area contributed by atoms with Crippen LogP contribution in [0, 0.1) is 6.92 Å². The van der Waals surface area contributed by atoms with Crippen molar-refractivity contribution in [2.75, 3.05) is 6.54 Å². The number of amides is 1. The van der Waals surface area contributed by atoms with Gasteiger partial charge in [-0.3, -0.25) is 0 Å². The second-order valence-corrected chi connectivity index (χ2v) is 6.33. The summed E-state index contributed by atoms with van der Waals surface area (Å²) < 4.78 is 5.11. The molecule has 1 rings (SSSR count). The number of aromatic hydroxyl groups is 1. The third kappa shape index (κ3) is 5.54. The highest BCUT2D eigenvalue weighted by Crippen LogP contribution is 2.29. The van der Waals surface area contributed by atoms with Gasteiger partial charge in [-0.15, -0.1) is 0 Å². The molecule has 6 heteroatoms. The van der Waals surface area contributed by atoms with Gasteiger partial charge in [0.2, 0.25) is 0 Å². The lowest BCUT2D eigenvalue weighted by Gasteiger charge is -2.23. The van der Waals surface area contributed by atoms with Crippen molar-refractivity contribution in [1.82, 2.24) is 5.32 Å². The lowest BCUT2D eigenvalue weighted by atomic mass is 9.95. The summed E-state index contributed by atoms with van der Waals surface area (Å²) in [6, 6.07) is 4.40. The number of phenolic OH excluding ortho intramolecular Hbond substituents is 1. The van der Waals surface area contributed by atoms with Crippen molar-refractivity contribution in [1.29, 1.82) is 0 Å². The number of nitrogens with one attached hydrogen (secondary N) is 1. The SMILES string of the molecule is Cc1cccc(O)c1C(O)C(N)CCNC(=O)OC(C)(C)C. The molecule has 0 heterocycles. The number of nitrogens with two attached hydrogens (primary N) is 1. The van der Waals surface area contributed by atoms with Gasteiger partial charge in [0.1, 0.15) is 11.4 Å². The molecule has 1 aromatic carbocycles. The minimum atomic E-state index is -0.998. The Hall–Kier alpha value is -1.79. The zero-order valence-electron chi connectivity index (χ0n) is 13.6. The Labute approximate surface area is 131 Å². The maximum Gasteiger partial charge on any atom is 0.407 e. The Kier molecular flexibility index (Phi) is 6.20. The lowest BCUT2D eigenvalue weighted by molar-refractivity contribution is 0.0521. The van der Waals surface area contributed by atoms with Gasteiger partial charge < -0.3 is 26.0 Å². The monoisotopic (exact) mass is 310 g/mol. The van der Waals surface area contributed by atoms with Crippen LogP contribution in [-0.4, -0.2) is 34.5 Å². The van der Waals surface area contributed by atoms with Crippen LogP contribution in [-0.2, 0) is 4.74 Å². The quantitative estimate of drug-likeness (QED) is 0.665. The third-order valence-electron chi connectivity index (χ3n) is 3.15. The van der Waals surface area contributed by atoms with E-state index in [1.165, 1.54) is 6.07 Å². The molecule has 0 saturated carbocycles. The summed E-state index contributed by atoms with van der Waals surface area (Å²) in [6.45, 7) is 7.42. The van der Waals surface area contributed by atoms with Gasteiger partial charge >= 0.3 is 6.09 Å². The van der Waals surface area contributed by atoms with E-state index in [1.54, 1.807) is 39.8 Å². The van der Waals surface area contributed by atoms with Crippen LogP contribution in [0.4, 0.5) is 4.79 Å². The van der Waals surface area contributed by atoms with Crippen LogP contribution in [0.1, 0.15) is 44.4 Å². The molecule has 0 spiro atoms. The molecule has 5 N–H and O–H groups in total. The zero-order valence-corrected chi connectivity index (χ0v) is 13.6. The molecule has 22 heavy (non-hydrogen) atoms. The van der Waals surface area contributed by atoms with Gasteiger partial charge in [0.05, 0.1) is 6.10 Å². The van der Waals surface area contributed by atoms with E-state index in [2.05, 4.69) is 5.32 Å². The number of hydrogen-bond donors (Lipinski definition) is 4. The van der Waals surface area contributed by atoms with E-state index in [9.17, 15) is 15.0 Å². The molecule has 1 amide bonds. The Balaban J connectivity index is 2.52. The van der Waals surface area contributed by atoms with Gasteiger partial charge in [0.25, 0.3) is 0 Å². The van der Waals surface area contributed by atoms with Gasteiger partial charge in [0.15, 0.2) is 0 Å². The average Bonchev–Trinajstić information content (AvgIpc) is 2.35. The molecule has 6 nitrogen and oxygen atoms in total. The largest absolute Gasteiger partial charge is 0.508 e. The molecular formula is C16H26N2O4. The molecule has 0 aliphatic rings. The molecule has 1 aromatic rings. The summed E-state index contributed by atoms with van der Waals surface area (Å²) in [6.07, 6.45) is -1.16. The lowest BCUT2D eigenvalue weighted by Crippen LogP contribution is -2.37. The molecule has 0 bridgehead atoms. The predicted octanol–water partition coefficient (Wildman–Crippen LogP) is 1.98. The number of carbonyl (C=O) groups excluding carboxylic acids is 1. The first-order valence-electron chi connectivity index (χ1n) is 7.31. The second kappa shape index (κ2) is 7.47. The fourth-order valence-corrected chi connectivity index (χ4v) is 2.08. The third-order valence-corrected chi connectivity index (χ3v) is 3.15. The van der Waals surface area contributed by atoms with Gasteiger partial charge in [0, 0.05) is 18.2 Å². The number of hydrogen-bond acceptors (Lipinski definition) is 5. The Bertz CT molecular complexity index is 491. The van der Waals surface area contributed by atoms with E-state index in [4.69, 9.17) is 10.5 Å². The normalized spacial score (nSPS) is 14.3. The summed E-state index contributed by atoms with van der Waals surface area (Å²) in [5.74, 6) is 0.0167. The van der Waals surface area contributed by atoms with Crippen LogP contribution < -0.4 is 11.1 Å². The van der Waals surface area contributed by atoms with Crippen molar-refractivity contribution < 1.29 is 19.7 Å². The summed E-state index contributed by atoms with van der Waals surface area (Å²) in [4.78, 5) is 11.5. The molecule has 124 valence electrons. The minimum absolute atomic E-state index is 0.0167. The fraction of sp³-hybridized carbons (Fsp3) is 0.562. The molecule has 0 fully saturated rings. The number of benzene rings is 1. The van der Waals surface area contributed by atoms with Gasteiger partial charge in [-0.1, -0.05) is 12.1 Å². The number of aliphatic hydroxyl groups excluding tert-OH is 1. The molecule has 0 radical (unpaired) electrons. The van der Waals surface area contributed by atoms with E-state index < -0.39 is 23.8 Å². The average molecular weight is 310 g/mol. The first-order chi connectivity index (χ1) is 10.1. The van der Waals surface area contributed by atoms with Crippen LogP contribution in [0.2, 0.25) is 0 Å². The smallest absolute Gasteiger partial charge is 0.407 e. The Morgan fingerprint density at radius 3 is 2.59 bits per heavy atom. The highest BCUT2D eigenvalue weighted by Gasteiger charge is 2.22. The maximum atomic E-state index is 11.5. The van der Waals surface area contributed by atoms with Crippen LogP contribution in [0.15, 0.2) is 18.2 Å². The highest BCUT2D eigenvalue weighted by molar-refractivity contribution is 5.67. The van der Waals surface area contributed by atoms with Crippen LogP contribution >= 0.6 is 0 Å². The van der Waals surface area contributed by atoms with Crippen molar-refractivity contribution in [3.05, 3.63) is 29.3 Å². The van der Waals surface area contributed by atoms with Gasteiger partial charge in [-0.25, -0.2) is 4.79 Å². The van der Waals surface area contributed by atoms with Crippen molar-refractivity contribution in [2.45, 2.75) is 51.9 Å². The molecule has 0 aliphatic heterocycles. The minimum Gasteiger partial charge on any atom is -0.508 e. The van der Waals surface area contributed by atoms with Crippen molar-refractivity contribution in [3.8, 4) is 5.75 Å². The molecular weight excluding hydrogens is 284 g/mol. The highest BCUT2D eigenvalue weighted by atomic mass is 16.6. The van der Waals surface area contributed by atoms with Crippen molar-refractivity contribution >= 4 is 6.09 Å². The first-order valence-corrected chi connectivity index (χ1v) is 7.31. The molecule has 2 unspecified atom stereocenters. The van der Waals surface area contributed by atoms with E-state index in [0.717, 1.165) is 5.56 Å². The van der Waals surface area contributed by atoms with Crippen LogP contribution in [0.5, 0.6) is 5.75 Å². The van der Waals surface area contributed by atoms with Gasteiger partial charge in [-0.2, -0.15) is 0 Å². The van der Waals surface area contributed by atoms with Crippen molar-refractivity contribution in [3.63, 3.8) is 0 Å². The molecule has 2 atom stereocenters. The summed E-state index contributed by atoms with van der Waals surface area (Å²) in [5, 5.41) is 22.7. The Morgan fingerprint density at radius 2 is 2.05 bits per heavy atom. The first kappa shape index (κ1) is 18.3. The molecule has 0 aromatic heterocycles. The van der Waals surface area contributed by atoms with E-state index >= 15 is 0 Å². The maximum absolute atomic E-state index is 11.5. The molecule has 0 aliphatic carbocycles. The predicted molar refractivity (Wildman–Crippen MR) is 84.6 cm³/mol. The van der Waals surface area contributed by atoms with Gasteiger partial charge in [-0.05, 0) is 45.7 Å². The van der Waals surface area contributed by atoms with E-state index in [1.807, 2.05) is 0 Å².